The first-order chi connectivity index (χ1) is 9.24. The zero-order valence-electron chi connectivity index (χ0n) is 10.5. The van der Waals surface area contributed by atoms with Gasteiger partial charge in [-0.3, -0.25) is 0 Å². The van der Waals surface area contributed by atoms with E-state index in [1.165, 1.54) is 0 Å². The van der Waals surface area contributed by atoms with Crippen molar-refractivity contribution in [1.29, 1.82) is 0 Å². The highest BCUT2D eigenvalue weighted by atomic mass is 16.5. The van der Waals surface area contributed by atoms with Crippen LogP contribution in [0.25, 0.3) is 11.0 Å². The minimum absolute atomic E-state index is 0.0238. The normalized spacial score (nSPS) is 11.0. The number of hydrogen-bond acceptors (Lipinski definition) is 4. The molecule has 0 amide bonds. The van der Waals surface area contributed by atoms with Crippen LogP contribution in [0.1, 0.15) is 16.8 Å². The third-order valence-electron chi connectivity index (χ3n) is 2.80. The number of aliphatic hydroxyl groups excluding tert-OH is 1. The number of rotatable bonds is 7. The fraction of sp³-hybridized carbons (Fsp3) is 0.385. The summed E-state index contributed by atoms with van der Waals surface area (Å²) in [7, 11) is 0. The SMILES string of the molecule is O=C(O)c1cccc2c1ncn2CCCOCCO. The molecule has 6 nitrogen and oxygen atoms in total. The molecule has 0 fully saturated rings. The predicted octanol–water partition coefficient (Wildman–Crippen LogP) is 1.13. The molecule has 0 aliphatic carbocycles. The number of carbonyl (C=O) groups is 1. The summed E-state index contributed by atoms with van der Waals surface area (Å²) in [6.45, 7) is 1.62. The van der Waals surface area contributed by atoms with E-state index in [1.54, 1.807) is 18.5 Å². The number of aliphatic hydroxyl groups is 1. The molecule has 1 aromatic carbocycles. The summed E-state index contributed by atoms with van der Waals surface area (Å²) < 4.78 is 7.08. The highest BCUT2D eigenvalue weighted by Crippen LogP contribution is 2.17. The Balaban J connectivity index is 2.08. The van der Waals surface area contributed by atoms with Gasteiger partial charge < -0.3 is 19.5 Å². The maximum atomic E-state index is 11.1. The molecule has 19 heavy (non-hydrogen) atoms. The number of para-hydroxylation sites is 1. The van der Waals surface area contributed by atoms with Crippen LogP contribution in [-0.4, -0.2) is 45.6 Å². The molecule has 0 saturated carbocycles. The van der Waals surface area contributed by atoms with Gasteiger partial charge in [0.1, 0.15) is 5.52 Å². The second kappa shape index (κ2) is 6.31. The van der Waals surface area contributed by atoms with Gasteiger partial charge in [-0.05, 0) is 18.6 Å². The van der Waals surface area contributed by atoms with Crippen molar-refractivity contribution in [2.75, 3.05) is 19.8 Å². The van der Waals surface area contributed by atoms with Gasteiger partial charge in [0.15, 0.2) is 0 Å². The van der Waals surface area contributed by atoms with Crippen molar-refractivity contribution in [3.63, 3.8) is 0 Å². The lowest BCUT2D eigenvalue weighted by Crippen LogP contribution is -2.05. The smallest absolute Gasteiger partial charge is 0.337 e. The van der Waals surface area contributed by atoms with Gasteiger partial charge in [-0.15, -0.1) is 0 Å². The predicted molar refractivity (Wildman–Crippen MR) is 69.2 cm³/mol. The Bertz CT molecular complexity index is 565. The zero-order valence-corrected chi connectivity index (χ0v) is 10.5. The number of imidazole rings is 1. The lowest BCUT2D eigenvalue weighted by atomic mass is 10.2. The molecular formula is C13H16N2O4. The Hall–Kier alpha value is -1.92. The molecule has 0 bridgehead atoms. The molecular weight excluding hydrogens is 248 g/mol. The fourth-order valence-electron chi connectivity index (χ4n) is 1.94. The molecule has 0 aliphatic rings. The third-order valence-corrected chi connectivity index (χ3v) is 2.80. The number of benzene rings is 1. The minimum atomic E-state index is -0.970. The molecule has 0 unspecified atom stereocenters. The van der Waals surface area contributed by atoms with Crippen LogP contribution < -0.4 is 0 Å². The summed E-state index contributed by atoms with van der Waals surface area (Å²) >= 11 is 0. The first kappa shape index (κ1) is 13.5. The molecule has 0 atom stereocenters. The van der Waals surface area contributed by atoms with Gasteiger partial charge in [0.2, 0.25) is 0 Å². The van der Waals surface area contributed by atoms with Crippen LogP contribution in [0.4, 0.5) is 0 Å². The van der Waals surface area contributed by atoms with E-state index < -0.39 is 5.97 Å². The van der Waals surface area contributed by atoms with Crippen LogP contribution in [0.15, 0.2) is 24.5 Å². The van der Waals surface area contributed by atoms with Gasteiger partial charge in [-0.2, -0.15) is 0 Å². The Morgan fingerprint density at radius 3 is 2.95 bits per heavy atom. The van der Waals surface area contributed by atoms with E-state index in [4.69, 9.17) is 14.9 Å². The average Bonchev–Trinajstić information content (AvgIpc) is 2.81. The Labute approximate surface area is 110 Å². The number of aromatic carboxylic acids is 1. The quantitative estimate of drug-likeness (QED) is 0.732. The van der Waals surface area contributed by atoms with E-state index in [2.05, 4.69) is 4.98 Å². The summed E-state index contributed by atoms with van der Waals surface area (Å²) in [6.07, 6.45) is 2.42. The van der Waals surface area contributed by atoms with Crippen LogP contribution in [0.3, 0.4) is 0 Å². The zero-order chi connectivity index (χ0) is 13.7. The largest absolute Gasteiger partial charge is 0.478 e. The number of hydrogen-bond donors (Lipinski definition) is 2. The maximum Gasteiger partial charge on any atom is 0.337 e. The maximum absolute atomic E-state index is 11.1. The number of carboxylic acid groups (broad SMARTS) is 1. The topological polar surface area (TPSA) is 84.6 Å². The molecule has 2 rings (SSSR count). The lowest BCUT2D eigenvalue weighted by molar-refractivity contribution is 0.0699. The van der Waals surface area contributed by atoms with Crippen molar-refractivity contribution >= 4 is 17.0 Å². The van der Waals surface area contributed by atoms with Crippen molar-refractivity contribution in [3.8, 4) is 0 Å². The summed E-state index contributed by atoms with van der Waals surface area (Å²) in [5, 5.41) is 17.6. The summed E-state index contributed by atoms with van der Waals surface area (Å²) in [5.41, 5.74) is 1.53. The standard InChI is InChI=1S/C13H16N2O4/c16-6-8-19-7-2-5-15-9-14-12-10(13(17)18)3-1-4-11(12)15/h1,3-4,9,16H,2,5-8H2,(H,17,18). The van der Waals surface area contributed by atoms with Crippen molar-refractivity contribution < 1.29 is 19.7 Å². The highest BCUT2D eigenvalue weighted by molar-refractivity contribution is 6.00. The molecule has 6 heteroatoms. The van der Waals surface area contributed by atoms with Gasteiger partial charge in [0.25, 0.3) is 0 Å². The molecule has 2 aromatic rings. The third kappa shape index (κ3) is 3.10. The molecule has 1 heterocycles. The number of ether oxygens (including phenoxy) is 1. The molecule has 0 spiro atoms. The van der Waals surface area contributed by atoms with E-state index in [9.17, 15) is 4.79 Å². The van der Waals surface area contributed by atoms with E-state index >= 15 is 0 Å². The molecule has 0 aliphatic heterocycles. The highest BCUT2D eigenvalue weighted by Gasteiger charge is 2.11. The Morgan fingerprint density at radius 2 is 2.21 bits per heavy atom. The van der Waals surface area contributed by atoms with E-state index in [0.29, 0.717) is 25.3 Å². The van der Waals surface area contributed by atoms with Gasteiger partial charge in [0.05, 0.1) is 30.6 Å². The number of nitrogens with zero attached hydrogens (tertiary/aromatic N) is 2. The molecule has 102 valence electrons. The van der Waals surface area contributed by atoms with Crippen molar-refractivity contribution in [3.05, 3.63) is 30.1 Å². The average molecular weight is 264 g/mol. The fourth-order valence-corrected chi connectivity index (χ4v) is 1.94. The number of aryl methyl sites for hydroxylation is 1. The van der Waals surface area contributed by atoms with E-state index in [-0.39, 0.29) is 12.2 Å². The van der Waals surface area contributed by atoms with Crippen LogP contribution in [0.5, 0.6) is 0 Å². The van der Waals surface area contributed by atoms with Crippen molar-refractivity contribution in [2.24, 2.45) is 0 Å². The van der Waals surface area contributed by atoms with Gasteiger partial charge >= 0.3 is 5.97 Å². The molecule has 2 N–H and O–H groups in total. The van der Waals surface area contributed by atoms with Crippen LogP contribution in [-0.2, 0) is 11.3 Å². The Morgan fingerprint density at radius 1 is 1.37 bits per heavy atom. The summed E-state index contributed by atoms with van der Waals surface area (Å²) in [4.78, 5) is 15.2. The van der Waals surface area contributed by atoms with E-state index in [1.807, 2.05) is 10.6 Å². The Kier molecular flexibility index (Phi) is 4.48. The van der Waals surface area contributed by atoms with Gasteiger partial charge in [-0.1, -0.05) is 6.07 Å². The number of aromatic nitrogens is 2. The second-order valence-corrected chi connectivity index (χ2v) is 4.11. The summed E-state index contributed by atoms with van der Waals surface area (Å²) in [6, 6.07) is 5.11. The summed E-state index contributed by atoms with van der Waals surface area (Å²) in [5.74, 6) is -0.970. The van der Waals surface area contributed by atoms with E-state index in [0.717, 1.165) is 11.9 Å². The molecule has 0 saturated heterocycles. The van der Waals surface area contributed by atoms with Crippen LogP contribution in [0, 0.1) is 0 Å². The first-order valence-electron chi connectivity index (χ1n) is 6.10. The second-order valence-electron chi connectivity index (χ2n) is 4.11. The van der Waals surface area contributed by atoms with Gasteiger partial charge in [0, 0.05) is 13.2 Å². The monoisotopic (exact) mass is 264 g/mol. The lowest BCUT2D eigenvalue weighted by Gasteiger charge is -2.05. The minimum Gasteiger partial charge on any atom is -0.478 e. The first-order valence-corrected chi connectivity index (χ1v) is 6.10. The van der Waals surface area contributed by atoms with Crippen molar-refractivity contribution in [1.82, 2.24) is 9.55 Å². The number of fused-ring (bicyclic) bond motifs is 1. The number of carboxylic acids is 1. The van der Waals surface area contributed by atoms with Crippen molar-refractivity contribution in [2.45, 2.75) is 13.0 Å². The van der Waals surface area contributed by atoms with Gasteiger partial charge in [-0.25, -0.2) is 9.78 Å². The van der Waals surface area contributed by atoms with Crippen LogP contribution >= 0.6 is 0 Å². The molecule has 0 radical (unpaired) electrons. The molecule has 1 aromatic heterocycles. The van der Waals surface area contributed by atoms with Crippen LogP contribution in [0.2, 0.25) is 0 Å².